The zero-order chi connectivity index (χ0) is 6.69. The number of piperazine rings is 1. The van der Waals surface area contributed by atoms with E-state index in [-0.39, 0.29) is 5.77 Å². The number of aliphatic hydroxyl groups excluding tert-OH is 1. The van der Waals surface area contributed by atoms with Crippen LogP contribution in [0.2, 0.25) is 0 Å². The van der Waals surface area contributed by atoms with E-state index in [2.05, 4.69) is 12.8 Å². The molecule has 1 rings (SSSR count). The first kappa shape index (κ1) is 6.61. The third-order valence-electron chi connectivity index (χ3n) is 1.48. The summed E-state index contributed by atoms with van der Waals surface area (Å²) in [7, 11) is 3.43. The van der Waals surface area contributed by atoms with E-state index < -0.39 is 0 Å². The Labute approximate surface area is 55.7 Å². The van der Waals surface area contributed by atoms with Gasteiger partial charge in [-0.1, -0.05) is 0 Å². The monoisotopic (exact) mass is 126 g/mol. The van der Waals surface area contributed by atoms with Crippen molar-refractivity contribution < 1.29 is 5.11 Å². The average Bonchev–Trinajstić information content (AvgIpc) is 1.90. The van der Waals surface area contributed by atoms with Crippen molar-refractivity contribution in [1.82, 2.24) is 10.2 Å². The molecule has 0 atom stereocenters. The Morgan fingerprint density at radius 1 is 1.44 bits per heavy atom. The second-order valence-electron chi connectivity index (χ2n) is 2.15. The van der Waals surface area contributed by atoms with Crippen LogP contribution in [-0.2, 0) is 0 Å². The van der Waals surface area contributed by atoms with Gasteiger partial charge in [0.05, 0.1) is 0 Å². The van der Waals surface area contributed by atoms with Crippen molar-refractivity contribution in [2.75, 3.05) is 26.2 Å². The van der Waals surface area contributed by atoms with E-state index in [0.29, 0.717) is 0 Å². The summed E-state index contributed by atoms with van der Waals surface area (Å²) in [4.78, 5) is 1.86. The van der Waals surface area contributed by atoms with Gasteiger partial charge in [0.25, 0.3) is 0 Å². The molecule has 0 saturated carbocycles. The quantitative estimate of drug-likeness (QED) is 0.409. The number of hydrogen-bond donors (Lipinski definition) is 2. The van der Waals surface area contributed by atoms with Gasteiger partial charge in [0.1, 0.15) is 0 Å². The number of nitrogens with zero attached hydrogens (tertiary/aromatic N) is 1. The molecule has 50 valence electrons. The SMILES string of the molecule is B=C(O)N1CCNCC1. The molecule has 0 aromatic rings. The third-order valence-corrected chi connectivity index (χ3v) is 1.48. The molecule has 0 radical (unpaired) electrons. The summed E-state index contributed by atoms with van der Waals surface area (Å²) in [6.07, 6.45) is 0. The molecule has 0 aromatic carbocycles. The third kappa shape index (κ3) is 1.71. The fourth-order valence-electron chi connectivity index (χ4n) is 0.923. The minimum absolute atomic E-state index is 0.191. The first-order valence-corrected chi connectivity index (χ1v) is 3.14. The van der Waals surface area contributed by atoms with Crippen molar-refractivity contribution in [3.63, 3.8) is 0 Å². The van der Waals surface area contributed by atoms with Crippen LogP contribution in [0.25, 0.3) is 0 Å². The minimum atomic E-state index is 0.191. The molecule has 1 aliphatic heterocycles. The van der Waals surface area contributed by atoms with Crippen LogP contribution in [0.5, 0.6) is 0 Å². The Kier molecular flexibility index (Phi) is 2.11. The Hall–Kier alpha value is -0.505. The second-order valence-corrected chi connectivity index (χ2v) is 2.15. The Bertz CT molecular complexity index is 112. The first-order chi connectivity index (χ1) is 4.30. The molecule has 3 nitrogen and oxygen atoms in total. The number of nitrogens with one attached hydrogen (secondary N) is 1. The van der Waals surface area contributed by atoms with Gasteiger partial charge in [-0.2, -0.15) is 0 Å². The van der Waals surface area contributed by atoms with Crippen molar-refractivity contribution in [2.24, 2.45) is 0 Å². The predicted octanol–water partition coefficient (Wildman–Crippen LogP) is -1.75. The van der Waals surface area contributed by atoms with E-state index in [1.165, 1.54) is 0 Å². The molecule has 1 saturated heterocycles. The summed E-state index contributed by atoms with van der Waals surface area (Å²) in [6.45, 7) is 3.63. The van der Waals surface area contributed by atoms with Crippen LogP contribution in [0, 0.1) is 0 Å². The van der Waals surface area contributed by atoms with Crippen molar-refractivity contribution in [3.05, 3.63) is 0 Å². The first-order valence-electron chi connectivity index (χ1n) is 3.14. The van der Waals surface area contributed by atoms with Crippen LogP contribution in [0.15, 0.2) is 0 Å². The molecular weight excluding hydrogens is 115 g/mol. The molecule has 0 bridgehead atoms. The summed E-state index contributed by atoms with van der Waals surface area (Å²) in [5, 5.41) is 12.1. The summed E-state index contributed by atoms with van der Waals surface area (Å²) < 4.78 is 0. The molecular formula is C5H11BN2O. The van der Waals surface area contributed by atoms with E-state index in [4.69, 9.17) is 5.11 Å². The van der Waals surface area contributed by atoms with Gasteiger partial charge < -0.3 is 0 Å². The molecule has 0 aliphatic carbocycles. The standard InChI is InChI=1S/C5H11BN2O/c6-5(9)8-3-1-7-2-4-8/h6-7,9H,1-4H2. The molecule has 0 unspecified atom stereocenters. The van der Waals surface area contributed by atoms with E-state index in [0.717, 1.165) is 26.2 Å². The molecule has 0 aromatic heterocycles. The van der Waals surface area contributed by atoms with Crippen LogP contribution in [-0.4, -0.2) is 49.4 Å². The summed E-state index contributed by atoms with van der Waals surface area (Å²) >= 11 is 0. The van der Waals surface area contributed by atoms with Gasteiger partial charge in [0, 0.05) is 0 Å². The number of hydrogen-bond acceptors (Lipinski definition) is 3. The van der Waals surface area contributed by atoms with Gasteiger partial charge in [-0.25, -0.2) is 0 Å². The van der Waals surface area contributed by atoms with Gasteiger partial charge in [0.15, 0.2) is 0 Å². The van der Waals surface area contributed by atoms with E-state index in [1.54, 1.807) is 0 Å². The molecule has 0 spiro atoms. The van der Waals surface area contributed by atoms with Crippen molar-refractivity contribution in [1.29, 1.82) is 0 Å². The fourth-order valence-corrected chi connectivity index (χ4v) is 0.923. The zero-order valence-corrected chi connectivity index (χ0v) is 5.43. The van der Waals surface area contributed by atoms with E-state index in [9.17, 15) is 0 Å². The molecule has 0 amide bonds. The van der Waals surface area contributed by atoms with Crippen LogP contribution in [0.4, 0.5) is 0 Å². The summed E-state index contributed by atoms with van der Waals surface area (Å²) in [6, 6.07) is 0. The molecule has 1 heterocycles. The predicted molar refractivity (Wildman–Crippen MR) is 38.5 cm³/mol. The van der Waals surface area contributed by atoms with Gasteiger partial charge in [-0.05, 0) is 0 Å². The van der Waals surface area contributed by atoms with Crippen LogP contribution < -0.4 is 5.32 Å². The van der Waals surface area contributed by atoms with E-state index >= 15 is 0 Å². The molecule has 4 heteroatoms. The van der Waals surface area contributed by atoms with Crippen LogP contribution >= 0.6 is 0 Å². The second kappa shape index (κ2) is 2.87. The normalized spacial score (nSPS) is 19.7. The zero-order valence-electron chi connectivity index (χ0n) is 5.43. The van der Waals surface area contributed by atoms with Gasteiger partial charge in [-0.15, -0.1) is 0 Å². The van der Waals surface area contributed by atoms with Crippen molar-refractivity contribution in [3.8, 4) is 0 Å². The van der Waals surface area contributed by atoms with Gasteiger partial charge >= 0.3 is 54.8 Å². The summed E-state index contributed by atoms with van der Waals surface area (Å²) in [5.74, 6) is 0.191. The van der Waals surface area contributed by atoms with Crippen LogP contribution in [0.3, 0.4) is 0 Å². The Morgan fingerprint density at radius 3 is 2.33 bits per heavy atom. The molecule has 9 heavy (non-hydrogen) atoms. The number of aliphatic hydroxyl groups is 1. The molecule has 1 aliphatic rings. The Morgan fingerprint density at radius 2 is 2.00 bits per heavy atom. The number of rotatable bonds is 1. The molecule has 2 N–H and O–H groups in total. The van der Waals surface area contributed by atoms with Crippen LogP contribution in [0.1, 0.15) is 0 Å². The van der Waals surface area contributed by atoms with Crippen molar-refractivity contribution in [2.45, 2.75) is 0 Å². The van der Waals surface area contributed by atoms with Gasteiger partial charge in [-0.3, -0.25) is 0 Å². The Balaban J connectivity index is 2.31. The fraction of sp³-hybridized carbons (Fsp3) is 0.800. The van der Waals surface area contributed by atoms with E-state index in [1.807, 2.05) is 4.90 Å². The maximum atomic E-state index is 8.88. The van der Waals surface area contributed by atoms with Crippen molar-refractivity contribution >= 4 is 13.3 Å². The average molecular weight is 126 g/mol. The summed E-state index contributed by atoms with van der Waals surface area (Å²) in [5.41, 5.74) is 0. The van der Waals surface area contributed by atoms with Gasteiger partial charge in [0.2, 0.25) is 0 Å². The molecule has 1 fully saturated rings. The topological polar surface area (TPSA) is 35.5 Å². The maximum absolute atomic E-state index is 8.88.